The highest BCUT2D eigenvalue weighted by Crippen LogP contribution is 2.26. The van der Waals surface area contributed by atoms with Gasteiger partial charge in [-0.05, 0) is 39.1 Å². The molecular weight excluding hydrogens is 320 g/mol. The molecule has 0 aromatic heterocycles. The third-order valence-corrected chi connectivity index (χ3v) is 4.86. The van der Waals surface area contributed by atoms with E-state index in [1.807, 2.05) is 24.3 Å². The van der Waals surface area contributed by atoms with Gasteiger partial charge in [-0.25, -0.2) is 0 Å². The molecule has 0 radical (unpaired) electrons. The summed E-state index contributed by atoms with van der Waals surface area (Å²) in [6.07, 6.45) is 0.521. The number of ether oxygens (including phenoxy) is 1. The first kappa shape index (κ1) is 16.8. The first-order valence-electron chi connectivity index (χ1n) is 9.03. The zero-order chi connectivity index (χ0) is 17.8. The molecule has 0 saturated carbocycles. The monoisotopic (exact) mass is 342 g/mol. The van der Waals surface area contributed by atoms with Crippen molar-refractivity contribution in [1.29, 1.82) is 0 Å². The summed E-state index contributed by atoms with van der Waals surface area (Å²) < 4.78 is 6.05. The maximum Gasteiger partial charge on any atom is 0.106 e. The Morgan fingerprint density at radius 2 is 1.46 bits per heavy atom. The molecule has 0 aliphatic carbocycles. The molecule has 0 spiro atoms. The quantitative estimate of drug-likeness (QED) is 0.516. The van der Waals surface area contributed by atoms with Gasteiger partial charge in [0.15, 0.2) is 0 Å². The lowest BCUT2D eigenvalue weighted by molar-refractivity contribution is 0.0142. The average Bonchev–Trinajstić information content (AvgIpc) is 2.71. The van der Waals surface area contributed by atoms with Crippen LogP contribution in [0.4, 0.5) is 0 Å². The highest BCUT2D eigenvalue weighted by atomic mass is 16.5. The van der Waals surface area contributed by atoms with Gasteiger partial charge in [-0.2, -0.15) is 0 Å². The summed E-state index contributed by atoms with van der Waals surface area (Å²) in [5, 5.41) is 14.7. The molecule has 0 heterocycles. The molecular formula is C24H22O2. The molecule has 0 saturated heterocycles. The van der Waals surface area contributed by atoms with E-state index < -0.39 is 0 Å². The maximum atomic E-state index is 9.85. The molecule has 2 nitrogen and oxygen atoms in total. The number of hydrogen-bond donors (Lipinski definition) is 1. The van der Waals surface area contributed by atoms with E-state index >= 15 is 0 Å². The van der Waals surface area contributed by atoms with Crippen LogP contribution >= 0.6 is 0 Å². The van der Waals surface area contributed by atoms with Crippen molar-refractivity contribution in [1.82, 2.24) is 0 Å². The number of fused-ring (bicyclic) bond motifs is 2. The second kappa shape index (κ2) is 7.69. The summed E-state index contributed by atoms with van der Waals surface area (Å²) in [6, 6.07) is 29.3. The summed E-state index contributed by atoms with van der Waals surface area (Å²) >= 11 is 0. The van der Waals surface area contributed by atoms with E-state index in [0.29, 0.717) is 6.61 Å². The Balaban J connectivity index is 1.48. The average molecular weight is 342 g/mol. The van der Waals surface area contributed by atoms with Crippen LogP contribution in [0.3, 0.4) is 0 Å². The number of aliphatic hydroxyl groups excluding tert-OH is 1. The van der Waals surface area contributed by atoms with Gasteiger partial charge in [-0.1, -0.05) is 84.9 Å². The number of benzene rings is 4. The molecule has 2 heteroatoms. The molecule has 1 atom stereocenters. The van der Waals surface area contributed by atoms with Gasteiger partial charge in [-0.15, -0.1) is 0 Å². The largest absolute Gasteiger partial charge is 0.393 e. The van der Waals surface area contributed by atoms with Crippen molar-refractivity contribution in [2.45, 2.75) is 12.5 Å². The Bertz CT molecular complexity index is 1020. The maximum absolute atomic E-state index is 9.85. The van der Waals surface area contributed by atoms with Crippen molar-refractivity contribution in [2.24, 2.45) is 0 Å². The molecule has 0 aliphatic heterocycles. The van der Waals surface area contributed by atoms with Crippen LogP contribution in [0.15, 0.2) is 84.9 Å². The Kier molecular flexibility index (Phi) is 4.96. The van der Waals surface area contributed by atoms with Crippen LogP contribution in [0.1, 0.15) is 17.2 Å². The highest BCUT2D eigenvalue weighted by molar-refractivity contribution is 5.86. The van der Waals surface area contributed by atoms with Crippen LogP contribution in [0.2, 0.25) is 0 Å². The van der Waals surface area contributed by atoms with E-state index in [1.54, 1.807) is 0 Å². The molecule has 130 valence electrons. The van der Waals surface area contributed by atoms with Gasteiger partial charge in [0.2, 0.25) is 0 Å². The first-order valence-corrected chi connectivity index (χ1v) is 9.03. The summed E-state index contributed by atoms with van der Waals surface area (Å²) in [7, 11) is 0. The van der Waals surface area contributed by atoms with Crippen LogP contribution in [0.25, 0.3) is 21.5 Å². The molecule has 0 fully saturated rings. The van der Waals surface area contributed by atoms with Crippen LogP contribution < -0.4 is 0 Å². The van der Waals surface area contributed by atoms with E-state index in [-0.39, 0.29) is 12.7 Å². The lowest BCUT2D eigenvalue weighted by atomic mass is 10.0. The van der Waals surface area contributed by atoms with Crippen LogP contribution in [0, 0.1) is 0 Å². The van der Waals surface area contributed by atoms with Gasteiger partial charge < -0.3 is 9.84 Å². The Morgan fingerprint density at radius 3 is 2.31 bits per heavy atom. The molecule has 0 bridgehead atoms. The molecule has 0 aliphatic rings. The van der Waals surface area contributed by atoms with Gasteiger partial charge in [0.25, 0.3) is 0 Å². The molecule has 1 unspecified atom stereocenters. The summed E-state index contributed by atoms with van der Waals surface area (Å²) in [4.78, 5) is 0. The molecule has 4 rings (SSSR count). The van der Waals surface area contributed by atoms with E-state index in [2.05, 4.69) is 60.7 Å². The molecule has 0 amide bonds. The number of rotatable bonds is 6. The second-order valence-corrected chi connectivity index (χ2v) is 6.54. The third kappa shape index (κ3) is 3.48. The molecule has 4 aromatic rings. The van der Waals surface area contributed by atoms with Crippen molar-refractivity contribution in [2.75, 3.05) is 13.2 Å². The van der Waals surface area contributed by atoms with Crippen molar-refractivity contribution in [3.63, 3.8) is 0 Å². The second-order valence-electron chi connectivity index (χ2n) is 6.54. The normalized spacial score (nSPS) is 12.5. The van der Waals surface area contributed by atoms with Gasteiger partial charge >= 0.3 is 0 Å². The van der Waals surface area contributed by atoms with Crippen LogP contribution in [0.5, 0.6) is 0 Å². The van der Waals surface area contributed by atoms with Gasteiger partial charge in [0, 0.05) is 0 Å². The van der Waals surface area contributed by atoms with E-state index in [0.717, 1.165) is 17.4 Å². The fraction of sp³-hybridized carbons (Fsp3) is 0.167. The molecule has 4 aromatic carbocycles. The fourth-order valence-corrected chi connectivity index (χ4v) is 3.49. The molecule has 1 N–H and O–H groups in total. The van der Waals surface area contributed by atoms with E-state index in [9.17, 15) is 5.11 Å². The van der Waals surface area contributed by atoms with Crippen LogP contribution in [-0.4, -0.2) is 18.3 Å². The lowest BCUT2D eigenvalue weighted by Gasteiger charge is -2.18. The minimum atomic E-state index is -0.304. The molecule has 26 heavy (non-hydrogen) atoms. The predicted molar refractivity (Wildman–Crippen MR) is 107 cm³/mol. The smallest absolute Gasteiger partial charge is 0.106 e. The Labute approximate surface area is 153 Å². The zero-order valence-corrected chi connectivity index (χ0v) is 14.6. The van der Waals surface area contributed by atoms with E-state index in [1.165, 1.54) is 21.7 Å². The number of hydrogen-bond acceptors (Lipinski definition) is 2. The topological polar surface area (TPSA) is 29.5 Å². The first-order chi connectivity index (χ1) is 12.8. The van der Waals surface area contributed by atoms with Crippen molar-refractivity contribution < 1.29 is 9.84 Å². The minimum absolute atomic E-state index is 0.0221. The summed E-state index contributed by atoms with van der Waals surface area (Å²) in [6.45, 7) is 0.554. The van der Waals surface area contributed by atoms with Crippen molar-refractivity contribution >= 4 is 21.5 Å². The third-order valence-electron chi connectivity index (χ3n) is 4.86. The summed E-state index contributed by atoms with van der Waals surface area (Å²) in [5.41, 5.74) is 2.29. The van der Waals surface area contributed by atoms with Crippen LogP contribution in [-0.2, 0) is 11.2 Å². The highest BCUT2D eigenvalue weighted by Gasteiger charge is 2.13. The van der Waals surface area contributed by atoms with Crippen molar-refractivity contribution in [3.05, 3.63) is 96.1 Å². The number of aliphatic hydroxyl groups is 1. The SMILES string of the molecule is OCC(OCCc1ccc2ccccc2c1)c1cccc2ccccc12. The summed E-state index contributed by atoms with van der Waals surface area (Å²) in [5.74, 6) is 0. The van der Waals surface area contributed by atoms with Gasteiger partial charge in [-0.3, -0.25) is 0 Å². The zero-order valence-electron chi connectivity index (χ0n) is 14.6. The van der Waals surface area contributed by atoms with Gasteiger partial charge in [0.1, 0.15) is 6.10 Å². The lowest BCUT2D eigenvalue weighted by Crippen LogP contribution is -2.11. The van der Waals surface area contributed by atoms with E-state index in [4.69, 9.17) is 4.74 Å². The fourth-order valence-electron chi connectivity index (χ4n) is 3.49. The van der Waals surface area contributed by atoms with Gasteiger partial charge in [0.05, 0.1) is 13.2 Å². The Morgan fingerprint density at radius 1 is 0.731 bits per heavy atom. The predicted octanol–water partition coefficient (Wildman–Crippen LogP) is 5.29. The Hall–Kier alpha value is -2.68. The standard InChI is InChI=1S/C24H22O2/c25-17-24(23-11-5-9-20-7-3-4-10-22(20)23)26-15-14-18-12-13-19-6-1-2-8-21(19)16-18/h1-13,16,24-25H,14-15,17H2. The minimum Gasteiger partial charge on any atom is -0.393 e. The van der Waals surface area contributed by atoms with Crippen molar-refractivity contribution in [3.8, 4) is 0 Å².